The van der Waals surface area contributed by atoms with Gasteiger partial charge in [0.05, 0.1) is 10.6 Å². The van der Waals surface area contributed by atoms with Gasteiger partial charge in [0.25, 0.3) is 10.0 Å². The number of rotatable bonds is 13. The molecule has 46 heavy (non-hydrogen) atoms. The number of amides is 2. The van der Waals surface area contributed by atoms with Crippen LogP contribution in [0.1, 0.15) is 30.5 Å². The summed E-state index contributed by atoms with van der Waals surface area (Å²) < 4.78 is 44.2. The molecule has 11 heteroatoms. The van der Waals surface area contributed by atoms with Crippen molar-refractivity contribution in [3.63, 3.8) is 0 Å². The van der Waals surface area contributed by atoms with Crippen molar-refractivity contribution in [2.45, 2.75) is 44.7 Å². The molecule has 2 amide bonds. The standard InChI is InChI=1S/C35H36Cl2FN3O4S/c1-24(2)21-39-35(43)33(17-26-9-5-4-6-10-26)40(22-27-11-7-8-12-32(27)38)34(42)23-41(30-19-28(36)18-29(37)20-30)46(44,45)31-15-13-25(3)14-16-31/h4-16,18-20,24,33H,17,21-23H2,1-3H3,(H,39,43)/t33-/m1/s1. The van der Waals surface area contributed by atoms with Gasteiger partial charge in [-0.2, -0.15) is 0 Å². The quantitative estimate of drug-likeness (QED) is 0.164. The van der Waals surface area contributed by atoms with Crippen molar-refractivity contribution < 1.29 is 22.4 Å². The zero-order valence-corrected chi connectivity index (χ0v) is 28.1. The summed E-state index contributed by atoms with van der Waals surface area (Å²) in [7, 11) is -4.35. The van der Waals surface area contributed by atoms with Crippen LogP contribution in [0.4, 0.5) is 10.1 Å². The summed E-state index contributed by atoms with van der Waals surface area (Å²) in [6, 6.07) is 24.4. The number of anilines is 1. The lowest BCUT2D eigenvalue weighted by Crippen LogP contribution is -2.53. The molecule has 242 valence electrons. The summed E-state index contributed by atoms with van der Waals surface area (Å²) in [4.78, 5) is 29.5. The fourth-order valence-corrected chi connectivity index (χ4v) is 6.75. The fraction of sp³-hybridized carbons (Fsp3) is 0.257. The number of carbonyl (C=O) groups excluding carboxylic acids is 2. The van der Waals surface area contributed by atoms with E-state index in [-0.39, 0.29) is 45.1 Å². The Bertz CT molecular complexity index is 1750. The zero-order valence-electron chi connectivity index (χ0n) is 25.8. The molecule has 1 atom stereocenters. The molecule has 7 nitrogen and oxygen atoms in total. The summed E-state index contributed by atoms with van der Waals surface area (Å²) >= 11 is 12.6. The van der Waals surface area contributed by atoms with Crippen LogP contribution in [0.25, 0.3) is 0 Å². The van der Waals surface area contributed by atoms with Gasteiger partial charge >= 0.3 is 0 Å². The highest BCUT2D eigenvalue weighted by Crippen LogP contribution is 2.30. The Kier molecular flexibility index (Phi) is 11.8. The molecule has 0 unspecified atom stereocenters. The van der Waals surface area contributed by atoms with Crippen LogP contribution < -0.4 is 9.62 Å². The SMILES string of the molecule is Cc1ccc(S(=O)(=O)N(CC(=O)N(Cc2ccccc2F)[C@H](Cc2ccccc2)C(=O)NCC(C)C)c2cc(Cl)cc(Cl)c2)cc1. The van der Waals surface area contributed by atoms with Crippen LogP contribution in [0.15, 0.2) is 102 Å². The molecular formula is C35H36Cl2FN3O4S. The number of sulfonamides is 1. The molecule has 0 heterocycles. The van der Waals surface area contributed by atoms with E-state index in [0.717, 1.165) is 15.4 Å². The van der Waals surface area contributed by atoms with Crippen molar-refractivity contribution in [3.8, 4) is 0 Å². The van der Waals surface area contributed by atoms with E-state index >= 15 is 4.39 Å². The first-order chi connectivity index (χ1) is 21.8. The van der Waals surface area contributed by atoms with E-state index in [9.17, 15) is 18.0 Å². The third kappa shape index (κ3) is 9.09. The van der Waals surface area contributed by atoms with E-state index in [4.69, 9.17) is 23.2 Å². The molecule has 0 fully saturated rings. The number of halogens is 3. The lowest BCUT2D eigenvalue weighted by Gasteiger charge is -2.34. The van der Waals surface area contributed by atoms with Crippen LogP contribution in [-0.2, 0) is 32.6 Å². The van der Waals surface area contributed by atoms with Crippen LogP contribution in [0, 0.1) is 18.7 Å². The Morgan fingerprint density at radius 2 is 1.48 bits per heavy atom. The Hall–Kier alpha value is -3.92. The van der Waals surface area contributed by atoms with Crippen molar-refractivity contribution in [2.75, 3.05) is 17.4 Å². The highest BCUT2D eigenvalue weighted by molar-refractivity contribution is 7.92. The molecule has 0 spiro atoms. The van der Waals surface area contributed by atoms with Crippen molar-refractivity contribution in [1.82, 2.24) is 10.2 Å². The first-order valence-corrected chi connectivity index (χ1v) is 16.9. The molecule has 0 aliphatic heterocycles. The molecule has 4 aromatic rings. The van der Waals surface area contributed by atoms with Crippen LogP contribution in [0.5, 0.6) is 0 Å². The van der Waals surface area contributed by atoms with Gasteiger partial charge in [0.1, 0.15) is 18.4 Å². The van der Waals surface area contributed by atoms with Gasteiger partial charge in [-0.15, -0.1) is 0 Å². The van der Waals surface area contributed by atoms with Gasteiger partial charge in [-0.05, 0) is 54.8 Å². The molecular weight excluding hydrogens is 648 g/mol. The van der Waals surface area contributed by atoms with Crippen LogP contribution in [-0.4, -0.2) is 44.3 Å². The molecule has 0 bridgehead atoms. The molecule has 1 N–H and O–H groups in total. The topological polar surface area (TPSA) is 86.8 Å². The lowest BCUT2D eigenvalue weighted by molar-refractivity contribution is -0.140. The second-order valence-electron chi connectivity index (χ2n) is 11.4. The normalized spacial score (nSPS) is 12.1. The van der Waals surface area contributed by atoms with E-state index in [0.29, 0.717) is 6.54 Å². The van der Waals surface area contributed by atoms with Gasteiger partial charge in [-0.25, -0.2) is 12.8 Å². The van der Waals surface area contributed by atoms with Crippen LogP contribution in [0.2, 0.25) is 10.0 Å². The Morgan fingerprint density at radius 1 is 0.870 bits per heavy atom. The van der Waals surface area contributed by atoms with Crippen LogP contribution >= 0.6 is 23.2 Å². The highest BCUT2D eigenvalue weighted by atomic mass is 35.5. The summed E-state index contributed by atoms with van der Waals surface area (Å²) in [5.41, 5.74) is 1.84. The average molecular weight is 685 g/mol. The fourth-order valence-electron chi connectivity index (χ4n) is 4.84. The summed E-state index contributed by atoms with van der Waals surface area (Å²) in [5.74, 6) is -1.61. The molecule has 0 aliphatic carbocycles. The lowest BCUT2D eigenvalue weighted by atomic mass is 10.0. The Morgan fingerprint density at radius 3 is 2.09 bits per heavy atom. The number of hydrogen-bond acceptors (Lipinski definition) is 4. The Labute approximate surface area is 280 Å². The number of nitrogens with one attached hydrogen (secondary N) is 1. The van der Waals surface area contributed by atoms with Crippen molar-refractivity contribution >= 4 is 50.7 Å². The zero-order chi connectivity index (χ0) is 33.4. The number of carbonyl (C=O) groups is 2. The maximum atomic E-state index is 15.0. The van der Waals surface area contributed by atoms with Crippen molar-refractivity contribution in [3.05, 3.63) is 130 Å². The predicted molar refractivity (Wildman–Crippen MR) is 181 cm³/mol. The van der Waals surface area contributed by atoms with Gasteiger partial charge in [-0.1, -0.05) is 103 Å². The summed E-state index contributed by atoms with van der Waals surface area (Å²) in [6.45, 7) is 5.06. The van der Waals surface area contributed by atoms with Crippen molar-refractivity contribution in [1.29, 1.82) is 0 Å². The van der Waals surface area contributed by atoms with E-state index in [1.807, 2.05) is 51.1 Å². The monoisotopic (exact) mass is 683 g/mol. The van der Waals surface area contributed by atoms with E-state index in [2.05, 4.69) is 5.32 Å². The number of benzene rings is 4. The number of nitrogens with zero attached hydrogens (tertiary/aromatic N) is 2. The Balaban J connectivity index is 1.83. The molecule has 0 radical (unpaired) electrons. The maximum absolute atomic E-state index is 15.0. The first kappa shape index (κ1) is 34.9. The molecule has 0 saturated carbocycles. The van der Waals surface area contributed by atoms with E-state index in [1.54, 1.807) is 18.2 Å². The van der Waals surface area contributed by atoms with Gasteiger partial charge < -0.3 is 10.2 Å². The smallest absolute Gasteiger partial charge is 0.264 e. The minimum Gasteiger partial charge on any atom is -0.354 e. The van der Waals surface area contributed by atoms with Gasteiger partial charge in [-0.3, -0.25) is 13.9 Å². The minimum absolute atomic E-state index is 0.0566. The molecule has 0 aromatic heterocycles. The number of aryl methyl sites for hydroxylation is 1. The summed E-state index contributed by atoms with van der Waals surface area (Å²) in [5, 5.41) is 3.23. The number of hydrogen-bond donors (Lipinski definition) is 1. The van der Waals surface area contributed by atoms with Gasteiger partial charge in [0.15, 0.2) is 0 Å². The highest BCUT2D eigenvalue weighted by Gasteiger charge is 2.35. The van der Waals surface area contributed by atoms with Crippen molar-refractivity contribution in [2.24, 2.45) is 5.92 Å². The van der Waals surface area contributed by atoms with Gasteiger partial charge in [0.2, 0.25) is 11.8 Å². The summed E-state index contributed by atoms with van der Waals surface area (Å²) in [6.07, 6.45) is 0.110. The third-order valence-electron chi connectivity index (χ3n) is 7.28. The second kappa shape index (κ2) is 15.6. The molecule has 4 aromatic carbocycles. The largest absolute Gasteiger partial charge is 0.354 e. The van der Waals surface area contributed by atoms with E-state index < -0.39 is 40.2 Å². The van der Waals surface area contributed by atoms with Gasteiger partial charge in [0, 0.05) is 35.1 Å². The third-order valence-corrected chi connectivity index (χ3v) is 9.50. The van der Waals surface area contributed by atoms with E-state index in [1.165, 1.54) is 53.4 Å². The van der Waals surface area contributed by atoms with Crippen LogP contribution in [0.3, 0.4) is 0 Å². The molecule has 0 saturated heterocycles. The first-order valence-electron chi connectivity index (χ1n) is 14.7. The average Bonchev–Trinajstić information content (AvgIpc) is 3.01. The predicted octanol–water partition coefficient (Wildman–Crippen LogP) is 7.05. The molecule has 4 rings (SSSR count). The second-order valence-corrected chi connectivity index (χ2v) is 14.1. The molecule has 0 aliphatic rings. The minimum atomic E-state index is -4.35. The maximum Gasteiger partial charge on any atom is 0.264 e.